The maximum Gasteiger partial charge on any atom is 0.203 e. The summed E-state index contributed by atoms with van der Waals surface area (Å²) in [5, 5.41) is 4.50. The molecule has 0 unspecified atom stereocenters. The van der Waals surface area contributed by atoms with Crippen molar-refractivity contribution in [3.05, 3.63) is 76.6 Å². The highest BCUT2D eigenvalue weighted by Crippen LogP contribution is 2.28. The molecule has 0 aliphatic heterocycles. The summed E-state index contributed by atoms with van der Waals surface area (Å²) in [6.07, 6.45) is 4.34. The summed E-state index contributed by atoms with van der Waals surface area (Å²) in [4.78, 5) is 22.9. The number of carbonyl (C=O) groups excluding carboxylic acids is 1. The van der Waals surface area contributed by atoms with Crippen molar-refractivity contribution in [1.29, 1.82) is 0 Å². The number of H-pyrrole nitrogens is 1. The molecule has 2 heterocycles. The van der Waals surface area contributed by atoms with Gasteiger partial charge in [0.15, 0.2) is 5.78 Å². The Bertz CT molecular complexity index is 1290. The molecule has 2 aromatic carbocycles. The Morgan fingerprint density at radius 1 is 1.17 bits per heavy atom. The number of anilines is 1. The van der Waals surface area contributed by atoms with Crippen molar-refractivity contribution in [3.63, 3.8) is 0 Å². The van der Waals surface area contributed by atoms with Gasteiger partial charge in [-0.2, -0.15) is 5.10 Å². The van der Waals surface area contributed by atoms with E-state index in [2.05, 4.69) is 21.1 Å². The highest BCUT2D eigenvalue weighted by molar-refractivity contribution is 6.13. The zero-order chi connectivity index (χ0) is 20.1. The summed E-state index contributed by atoms with van der Waals surface area (Å²) in [6.45, 7) is 1.94. The minimum absolute atomic E-state index is 0.0439. The molecule has 0 radical (unpaired) electrons. The van der Waals surface area contributed by atoms with Gasteiger partial charge in [0.2, 0.25) is 5.95 Å². The van der Waals surface area contributed by atoms with Crippen LogP contribution >= 0.6 is 0 Å². The number of carbonyl (C=O) groups is 1. The SMILES string of the molecule is Cc1c(C(=O)C2=Cc3ccccc3C2)cnn1-c1ccc2nc(N(C)C)[nH]c2c1. The van der Waals surface area contributed by atoms with Crippen LogP contribution in [0.5, 0.6) is 0 Å². The fourth-order valence-corrected chi connectivity index (χ4v) is 3.82. The molecule has 5 rings (SSSR count). The van der Waals surface area contributed by atoms with E-state index in [0.717, 1.165) is 39.5 Å². The van der Waals surface area contributed by atoms with Crippen LogP contribution in [0, 0.1) is 6.92 Å². The summed E-state index contributed by atoms with van der Waals surface area (Å²) in [6, 6.07) is 14.1. The standard InChI is InChI=1S/C23H21N5O/c1-14-19(22(29)17-10-15-6-4-5-7-16(15)11-17)13-24-28(14)18-8-9-20-21(12-18)26-23(25-20)27(2)3/h4-10,12-13H,11H2,1-3H3,(H,25,26). The molecular weight excluding hydrogens is 362 g/mol. The Balaban J connectivity index is 1.48. The van der Waals surface area contributed by atoms with Crippen molar-refractivity contribution < 1.29 is 4.79 Å². The summed E-state index contributed by atoms with van der Waals surface area (Å²) in [7, 11) is 3.90. The van der Waals surface area contributed by atoms with Crippen molar-refractivity contribution in [1.82, 2.24) is 19.7 Å². The van der Waals surface area contributed by atoms with Crippen LogP contribution in [-0.4, -0.2) is 39.6 Å². The fourth-order valence-electron chi connectivity index (χ4n) is 3.82. The zero-order valence-electron chi connectivity index (χ0n) is 16.6. The first-order valence-electron chi connectivity index (χ1n) is 9.56. The fraction of sp³-hybridized carbons (Fsp3) is 0.174. The smallest absolute Gasteiger partial charge is 0.203 e. The predicted octanol–water partition coefficient (Wildman–Crippen LogP) is 3.95. The largest absolute Gasteiger partial charge is 0.349 e. The number of benzene rings is 2. The molecule has 0 atom stereocenters. The average Bonchev–Trinajstić information content (AvgIpc) is 3.42. The lowest BCUT2D eigenvalue weighted by Gasteiger charge is -2.06. The molecule has 0 saturated carbocycles. The van der Waals surface area contributed by atoms with Gasteiger partial charge in [0, 0.05) is 26.1 Å². The van der Waals surface area contributed by atoms with Crippen molar-refractivity contribution >= 4 is 28.8 Å². The van der Waals surface area contributed by atoms with Gasteiger partial charge < -0.3 is 9.88 Å². The van der Waals surface area contributed by atoms with Crippen molar-refractivity contribution in [2.75, 3.05) is 19.0 Å². The van der Waals surface area contributed by atoms with Gasteiger partial charge in [0.25, 0.3) is 0 Å². The van der Waals surface area contributed by atoms with Crippen LogP contribution in [0.15, 0.2) is 54.2 Å². The van der Waals surface area contributed by atoms with E-state index in [1.807, 2.05) is 73.1 Å². The Morgan fingerprint density at radius 2 is 2.00 bits per heavy atom. The molecule has 6 nitrogen and oxygen atoms in total. The highest BCUT2D eigenvalue weighted by Gasteiger charge is 2.23. The molecule has 1 aliphatic rings. The van der Waals surface area contributed by atoms with E-state index in [1.165, 1.54) is 5.56 Å². The van der Waals surface area contributed by atoms with Gasteiger partial charge in [-0.3, -0.25) is 4.79 Å². The summed E-state index contributed by atoms with van der Waals surface area (Å²) >= 11 is 0. The number of fused-ring (bicyclic) bond motifs is 2. The van der Waals surface area contributed by atoms with E-state index in [0.29, 0.717) is 12.0 Å². The van der Waals surface area contributed by atoms with E-state index >= 15 is 0 Å². The van der Waals surface area contributed by atoms with Crippen LogP contribution in [0.1, 0.15) is 27.2 Å². The molecule has 0 saturated heterocycles. The maximum absolute atomic E-state index is 13.1. The summed E-state index contributed by atoms with van der Waals surface area (Å²) in [5.74, 6) is 0.848. The van der Waals surface area contributed by atoms with E-state index in [1.54, 1.807) is 6.20 Å². The second-order valence-corrected chi connectivity index (χ2v) is 7.59. The van der Waals surface area contributed by atoms with Crippen LogP contribution < -0.4 is 4.90 Å². The van der Waals surface area contributed by atoms with Gasteiger partial charge in [-0.15, -0.1) is 0 Å². The van der Waals surface area contributed by atoms with Crippen LogP contribution in [0.3, 0.4) is 0 Å². The van der Waals surface area contributed by atoms with E-state index in [4.69, 9.17) is 0 Å². The Kier molecular flexibility index (Phi) is 3.87. The molecule has 1 aliphatic carbocycles. The number of rotatable bonds is 4. The highest BCUT2D eigenvalue weighted by atomic mass is 16.1. The molecule has 29 heavy (non-hydrogen) atoms. The van der Waals surface area contributed by atoms with Gasteiger partial charge in [-0.25, -0.2) is 9.67 Å². The number of allylic oxidation sites excluding steroid dienone is 1. The number of Topliss-reactive ketones (excluding diaryl/α,β-unsaturated/α-hetero) is 1. The predicted molar refractivity (Wildman–Crippen MR) is 115 cm³/mol. The van der Waals surface area contributed by atoms with Crippen molar-refractivity contribution in [3.8, 4) is 5.69 Å². The molecular formula is C23H21N5O. The third-order valence-electron chi connectivity index (χ3n) is 5.43. The van der Waals surface area contributed by atoms with Crippen LogP contribution in [0.2, 0.25) is 0 Å². The van der Waals surface area contributed by atoms with E-state index in [-0.39, 0.29) is 5.78 Å². The minimum atomic E-state index is 0.0439. The molecule has 0 fully saturated rings. The lowest BCUT2D eigenvalue weighted by molar-refractivity contribution is 0.103. The lowest BCUT2D eigenvalue weighted by atomic mass is 10.0. The first-order chi connectivity index (χ1) is 14.0. The number of imidazole rings is 1. The third-order valence-corrected chi connectivity index (χ3v) is 5.43. The van der Waals surface area contributed by atoms with Gasteiger partial charge in [0.1, 0.15) is 0 Å². The Morgan fingerprint density at radius 3 is 2.79 bits per heavy atom. The normalized spacial score (nSPS) is 12.9. The minimum Gasteiger partial charge on any atom is -0.349 e. The van der Waals surface area contributed by atoms with E-state index < -0.39 is 0 Å². The summed E-state index contributed by atoms with van der Waals surface area (Å²) < 4.78 is 1.81. The molecule has 4 aromatic rings. The molecule has 0 amide bonds. The molecule has 1 N–H and O–H groups in total. The number of aromatic amines is 1. The van der Waals surface area contributed by atoms with Crippen molar-refractivity contribution in [2.45, 2.75) is 13.3 Å². The zero-order valence-corrected chi connectivity index (χ0v) is 16.6. The molecule has 0 bridgehead atoms. The van der Waals surface area contributed by atoms with Gasteiger partial charge >= 0.3 is 0 Å². The average molecular weight is 383 g/mol. The first kappa shape index (κ1) is 17.4. The number of ketones is 1. The van der Waals surface area contributed by atoms with Gasteiger partial charge in [0.05, 0.1) is 34.2 Å². The number of aromatic nitrogens is 4. The van der Waals surface area contributed by atoms with Gasteiger partial charge in [-0.1, -0.05) is 24.3 Å². The number of nitrogens with one attached hydrogen (secondary N) is 1. The van der Waals surface area contributed by atoms with E-state index in [9.17, 15) is 4.79 Å². The third kappa shape index (κ3) is 2.84. The summed E-state index contributed by atoms with van der Waals surface area (Å²) in [5.41, 5.74) is 7.33. The maximum atomic E-state index is 13.1. The van der Waals surface area contributed by atoms with Gasteiger partial charge in [-0.05, 0) is 42.3 Å². The lowest BCUT2D eigenvalue weighted by Crippen LogP contribution is -2.09. The topological polar surface area (TPSA) is 66.8 Å². The molecule has 0 spiro atoms. The number of hydrogen-bond acceptors (Lipinski definition) is 4. The number of hydrogen-bond donors (Lipinski definition) is 1. The second kappa shape index (κ2) is 6.44. The monoisotopic (exact) mass is 383 g/mol. The van der Waals surface area contributed by atoms with Crippen LogP contribution in [-0.2, 0) is 6.42 Å². The molecule has 2 aromatic heterocycles. The Labute approximate surface area is 168 Å². The number of nitrogens with zero attached hydrogens (tertiary/aromatic N) is 4. The van der Waals surface area contributed by atoms with Crippen LogP contribution in [0.4, 0.5) is 5.95 Å². The first-order valence-corrected chi connectivity index (χ1v) is 9.56. The molecule has 144 valence electrons. The molecule has 6 heteroatoms. The quantitative estimate of drug-likeness (QED) is 0.542. The van der Waals surface area contributed by atoms with Crippen LogP contribution in [0.25, 0.3) is 22.8 Å². The Hall–Kier alpha value is -3.67. The second-order valence-electron chi connectivity index (χ2n) is 7.59. The van der Waals surface area contributed by atoms with Crippen molar-refractivity contribution in [2.24, 2.45) is 0 Å².